The Morgan fingerprint density at radius 1 is 0.602 bits per heavy atom. The minimum Gasteiger partial charge on any atom is -0.423 e. The summed E-state index contributed by atoms with van der Waals surface area (Å²) < 4.78 is 56.2. The van der Waals surface area contributed by atoms with Gasteiger partial charge < -0.3 is 45.1 Å². The van der Waals surface area contributed by atoms with Crippen LogP contribution in [0.25, 0.3) is 28.1 Å². The zero-order valence-corrected chi connectivity index (χ0v) is 69.5. The van der Waals surface area contributed by atoms with Gasteiger partial charge in [0.15, 0.2) is 16.9 Å². The van der Waals surface area contributed by atoms with Crippen LogP contribution >= 0.6 is 89.9 Å². The van der Waals surface area contributed by atoms with Crippen LogP contribution in [-0.2, 0) is 36.2 Å². The zero-order valence-electron chi connectivity index (χ0n) is 60.9. The minimum atomic E-state index is -1.57. The first-order chi connectivity index (χ1) is 50.1. The van der Waals surface area contributed by atoms with Gasteiger partial charge in [-0.15, -0.1) is 30.6 Å². The number of anilines is 2. The maximum Gasteiger partial charge on any atom is 0.490 e. The Labute approximate surface area is 677 Å². The molecule has 2 aromatic carbocycles. The van der Waals surface area contributed by atoms with E-state index in [2.05, 4.69) is 134 Å². The number of aromatic nitrogens is 12. The normalized spacial score (nSPS) is 21.8. The van der Waals surface area contributed by atoms with Crippen LogP contribution in [-0.4, -0.2) is 189 Å². The summed E-state index contributed by atoms with van der Waals surface area (Å²) in [6.07, 6.45) is 11.3. The van der Waals surface area contributed by atoms with Crippen LogP contribution in [0.4, 0.5) is 11.9 Å². The Bertz CT molecular complexity index is 4440. The Morgan fingerprint density at radius 2 is 1.01 bits per heavy atom. The van der Waals surface area contributed by atoms with E-state index in [9.17, 15) is 8.42 Å². The van der Waals surface area contributed by atoms with Gasteiger partial charge in [0.1, 0.15) is 19.0 Å². The maximum atomic E-state index is 12.8. The molecule has 6 fully saturated rings. The molecule has 0 radical (unpaired) electrons. The highest BCUT2D eigenvalue weighted by Gasteiger charge is 2.52. The smallest absolute Gasteiger partial charge is 0.423 e. The van der Waals surface area contributed by atoms with Crippen LogP contribution in [0.2, 0.25) is 25.4 Å². The van der Waals surface area contributed by atoms with Crippen molar-refractivity contribution in [3.63, 3.8) is 0 Å². The molecule has 9 N–H and O–H groups in total. The van der Waals surface area contributed by atoms with Crippen molar-refractivity contribution in [2.45, 2.75) is 182 Å². The first kappa shape index (κ1) is 90.1. The average Bonchev–Trinajstić information content (AvgIpc) is 0.946. The number of benzene rings is 2. The molecule has 8 atom stereocenters. The molecule has 6 saturated heterocycles. The number of nitrogens with two attached hydrogens (primary N) is 1. The van der Waals surface area contributed by atoms with Crippen LogP contribution in [0.5, 0.6) is 0 Å². The van der Waals surface area contributed by atoms with Crippen molar-refractivity contribution in [3.05, 3.63) is 107 Å². The molecule has 592 valence electrons. The van der Waals surface area contributed by atoms with E-state index in [4.69, 9.17) is 109 Å². The van der Waals surface area contributed by atoms with Gasteiger partial charge in [-0.3, -0.25) is 8.80 Å². The Hall–Kier alpha value is -5.10. The number of piperidine rings is 3. The molecule has 14 rings (SSSR count). The molecule has 0 unspecified atom stereocenters. The van der Waals surface area contributed by atoms with E-state index in [0.717, 1.165) is 151 Å². The van der Waals surface area contributed by atoms with Crippen LogP contribution in [0.3, 0.4) is 0 Å². The van der Waals surface area contributed by atoms with Gasteiger partial charge in [0.2, 0.25) is 17.2 Å². The highest BCUT2D eigenvalue weighted by molar-refractivity contribution is 9.11. The molecule has 0 saturated carbocycles. The molecular formula is C67H98BBr2Cl5N24O7S2. The van der Waals surface area contributed by atoms with Crippen molar-refractivity contribution in [3.8, 4) is 11.1 Å². The number of aryl methyl sites for hydroxylation is 3. The number of nitrogens with zero attached hydrogens (tertiary/aromatic N) is 18. The molecule has 41 heteroatoms. The number of nitrogens with one attached hydrogen (secondary N) is 5. The molecule has 0 amide bonds. The van der Waals surface area contributed by atoms with Gasteiger partial charge in [-0.05, 0) is 211 Å². The monoisotopic (exact) mass is 1760 g/mol. The Balaban J connectivity index is 0.000000192. The third-order valence-electron chi connectivity index (χ3n) is 19.9. The van der Waals surface area contributed by atoms with Gasteiger partial charge in [0.05, 0.1) is 128 Å². The number of ether oxygens (including phenoxy) is 3. The summed E-state index contributed by atoms with van der Waals surface area (Å²) >= 11 is 36.7. The third-order valence-corrected chi connectivity index (χ3v) is 26.9. The lowest BCUT2D eigenvalue weighted by molar-refractivity contribution is 0.0951. The second-order valence-corrected chi connectivity index (χ2v) is 36.4. The van der Waals surface area contributed by atoms with Gasteiger partial charge in [0, 0.05) is 65.1 Å². The number of fused-ring (bicyclic) bond motifs is 3. The summed E-state index contributed by atoms with van der Waals surface area (Å²) in [5, 5.41) is 57.3. The standard InChI is InChI=1S/C21H24Cl2N6O.C19H29BrN6O2S.C13H26N2O2S.C6H5BCl2O2.C6H4BrClN4.2CH4.H2N6/c1-12-16(14-4-3-5-15(22)17(14)23)19-27-25-11-29(19)20(26-12)28-8-6-21(7-9-28)10-30-13(2)18(21)24;1-12-14(20)16-23-21-11-26(16)17(22-12)25-8-6-19(7-9-25)10-28-13(2)15(19)24-29(27)18(3,4)5;1-10-11(15-18(16)12(2,3)4)13(9-17-10)5-7-14-8-6-13;8-5-3-1-2-4(6(5)9)7(10)11;1-3-4(7)5-11-9-2-12(5)6(8)10-3;;;1-3-5-6-4-2/h3-5,11,13,18H,6-10,24H2,1-2H3;11,13,15,24H,6-10H2,1-5H3;10-11,14-15H,5-9H2,1-4H3;1-3,10-11H;2H,1H3;2*1H4;1-2H/b;;;;;;;3-1?,4-2?,6-5+/t13-,18+;13-,15+,29+;10-,11+,18+;;;;;/m000...../s1. The van der Waals surface area contributed by atoms with E-state index in [1.165, 1.54) is 12.4 Å². The van der Waals surface area contributed by atoms with Crippen LogP contribution in [0.15, 0.2) is 85.2 Å². The van der Waals surface area contributed by atoms with Crippen molar-refractivity contribution in [2.75, 3.05) is 68.9 Å². The fourth-order valence-corrected chi connectivity index (χ4v) is 17.5. The van der Waals surface area contributed by atoms with E-state index in [0.29, 0.717) is 32.6 Å². The van der Waals surface area contributed by atoms with E-state index in [1.54, 1.807) is 35.3 Å². The highest BCUT2D eigenvalue weighted by Crippen LogP contribution is 2.46. The van der Waals surface area contributed by atoms with Crippen molar-refractivity contribution in [1.29, 1.82) is 11.1 Å². The molecule has 3 spiro atoms. The molecule has 108 heavy (non-hydrogen) atoms. The Morgan fingerprint density at radius 3 is 1.47 bits per heavy atom. The second-order valence-electron chi connectivity index (χ2n) is 28.9. The van der Waals surface area contributed by atoms with Crippen molar-refractivity contribution in [1.82, 2.24) is 73.5 Å². The highest BCUT2D eigenvalue weighted by atomic mass is 79.9. The molecule has 31 nitrogen and oxygen atoms in total. The minimum absolute atomic E-state index is 0. The third kappa shape index (κ3) is 20.5. The van der Waals surface area contributed by atoms with Crippen molar-refractivity contribution < 1.29 is 32.7 Å². The number of hydrogen-bond donors (Lipinski definition) is 8. The van der Waals surface area contributed by atoms with Crippen LogP contribution < -0.4 is 35.8 Å². The largest absolute Gasteiger partial charge is 0.490 e. The molecule has 6 aliphatic heterocycles. The number of halogens is 7. The van der Waals surface area contributed by atoms with Gasteiger partial charge in [-0.2, -0.15) is 11.1 Å². The lowest BCUT2D eigenvalue weighted by Gasteiger charge is -2.43. The quantitative estimate of drug-likeness (QED) is 0.0273. The van der Waals surface area contributed by atoms with Gasteiger partial charge in [0.25, 0.3) is 0 Å². The van der Waals surface area contributed by atoms with E-state index in [1.807, 2.05) is 83.2 Å². The molecule has 8 aromatic rings. The molecule has 6 aromatic heterocycles. The summed E-state index contributed by atoms with van der Waals surface area (Å²) in [5.41, 5.74) is 25.2. The number of hydrogen-bond acceptors (Lipinski definition) is 22. The molecule has 0 aliphatic carbocycles. The van der Waals surface area contributed by atoms with Gasteiger partial charge >= 0.3 is 7.12 Å². The summed E-state index contributed by atoms with van der Waals surface area (Å²) in [4.78, 5) is 18.4. The van der Waals surface area contributed by atoms with Crippen LogP contribution in [0, 0.1) is 48.1 Å². The predicted molar refractivity (Wildman–Crippen MR) is 433 cm³/mol. The molecular weight excluding hydrogens is 1660 g/mol. The first-order valence-corrected chi connectivity index (χ1v) is 40.0. The lowest BCUT2D eigenvalue weighted by Crippen LogP contribution is -2.55. The SMILES string of the molecule is C.C.C[C@@H]1OCC2(CCNCC2)[C@@H]1N[S@](=O)C(C)(C)C.Cc1nc(Cl)n2cnnc2c1Br.Cc1nc(N2CCC3(CC2)CO[C@@H](C)[C@H]3N)n2cnnc2c1-c1cccc(Cl)c1Cl.Cc1nc(N2CCC3(CC2)CO[C@@H](C)[C@H]3N[S@](=O)C(C)(C)C)n2cnnc2c1Br.N=N/N=N/N=N.OB(O)c1cccc(Cl)c1Cl. The van der Waals surface area contributed by atoms with Crippen LogP contribution in [0.1, 0.15) is 133 Å². The van der Waals surface area contributed by atoms with Crippen molar-refractivity contribution >= 4 is 153 Å². The van der Waals surface area contributed by atoms with Gasteiger partial charge in [-0.1, -0.05) is 85.5 Å². The second kappa shape index (κ2) is 38.6. The zero-order chi connectivity index (χ0) is 77.4. The van der Waals surface area contributed by atoms with E-state index >= 15 is 0 Å². The summed E-state index contributed by atoms with van der Waals surface area (Å²) in [7, 11) is -3.72. The Kier molecular flexibility index (Phi) is 32.2. The first-order valence-electron chi connectivity index (χ1n) is 34.2. The molecule has 0 bridgehead atoms. The summed E-state index contributed by atoms with van der Waals surface area (Å²) in [6, 6.07) is 10.6. The average molecular weight is 1760 g/mol. The summed E-state index contributed by atoms with van der Waals surface area (Å²) in [6.45, 7) is 31.8. The summed E-state index contributed by atoms with van der Waals surface area (Å²) in [5.74, 6) is 1.71. The fraction of sp³-hybridized carbons (Fsp3) is 0.597. The fourth-order valence-electron chi connectivity index (χ4n) is 13.7. The predicted octanol–water partition coefficient (Wildman–Crippen LogP) is 12.7. The lowest BCUT2D eigenvalue weighted by atomic mass is 9.73. The van der Waals surface area contributed by atoms with E-state index < -0.39 is 29.1 Å². The van der Waals surface area contributed by atoms with Crippen molar-refractivity contribution in [2.24, 2.45) is 42.9 Å². The van der Waals surface area contributed by atoms with E-state index in [-0.39, 0.29) is 87.5 Å². The van der Waals surface area contributed by atoms with Gasteiger partial charge in [-0.25, -0.2) is 37.2 Å². The number of rotatable bonds is 10. The molecule has 12 heterocycles. The maximum absolute atomic E-state index is 12.8. The topological polar surface area (TPSA) is 397 Å². The molecule has 6 aliphatic rings.